The van der Waals surface area contributed by atoms with Gasteiger partial charge in [0.25, 0.3) is 5.91 Å². The van der Waals surface area contributed by atoms with Crippen LogP contribution in [0.15, 0.2) is 59.5 Å². The molecule has 2 aliphatic rings. The Hall–Kier alpha value is -3.06. The van der Waals surface area contributed by atoms with E-state index in [2.05, 4.69) is 5.32 Å². The van der Waals surface area contributed by atoms with Crippen LogP contribution in [0.25, 0.3) is 10.8 Å². The lowest BCUT2D eigenvalue weighted by Crippen LogP contribution is -2.46. The molecule has 2 heterocycles. The van der Waals surface area contributed by atoms with Gasteiger partial charge in [0.1, 0.15) is 11.6 Å². The largest absolute Gasteiger partial charge is 0.496 e. The first-order chi connectivity index (χ1) is 16.6. The lowest BCUT2D eigenvalue weighted by Gasteiger charge is -2.34. The molecule has 176 valence electrons. The van der Waals surface area contributed by atoms with Gasteiger partial charge in [0.15, 0.2) is 0 Å². The number of likely N-dealkylation sites (tertiary alicyclic amines) is 1. The zero-order valence-electron chi connectivity index (χ0n) is 19.1. The molecule has 3 aromatic rings. The number of nitrogens with one attached hydrogen (secondary N) is 1. The molecule has 7 heteroatoms. The van der Waals surface area contributed by atoms with Crippen molar-refractivity contribution in [2.45, 2.75) is 30.2 Å². The zero-order chi connectivity index (χ0) is 23.7. The smallest absolute Gasteiger partial charge is 0.254 e. The molecular formula is C27H27FN2O3S. The number of halogens is 1. The number of piperidine rings is 1. The first kappa shape index (κ1) is 22.7. The van der Waals surface area contributed by atoms with Gasteiger partial charge in [0.2, 0.25) is 5.91 Å². The number of amides is 2. The highest BCUT2D eigenvalue weighted by molar-refractivity contribution is 7.99. The number of rotatable bonds is 4. The first-order valence-corrected chi connectivity index (χ1v) is 12.6. The van der Waals surface area contributed by atoms with Crippen LogP contribution >= 0.6 is 11.8 Å². The van der Waals surface area contributed by atoms with Crippen molar-refractivity contribution >= 4 is 34.3 Å². The van der Waals surface area contributed by atoms with E-state index in [1.54, 1.807) is 24.1 Å². The van der Waals surface area contributed by atoms with Crippen molar-refractivity contribution in [1.82, 2.24) is 10.2 Å². The van der Waals surface area contributed by atoms with E-state index in [0.29, 0.717) is 23.5 Å². The van der Waals surface area contributed by atoms with Gasteiger partial charge < -0.3 is 15.0 Å². The second-order valence-corrected chi connectivity index (χ2v) is 9.91. The van der Waals surface area contributed by atoms with Crippen molar-refractivity contribution in [3.05, 3.63) is 71.5 Å². The number of hydrogen-bond acceptors (Lipinski definition) is 4. The van der Waals surface area contributed by atoms with Crippen LogP contribution in [0.2, 0.25) is 0 Å². The molecule has 2 atom stereocenters. The van der Waals surface area contributed by atoms with Gasteiger partial charge >= 0.3 is 0 Å². The van der Waals surface area contributed by atoms with Crippen molar-refractivity contribution in [3.63, 3.8) is 0 Å². The van der Waals surface area contributed by atoms with Gasteiger partial charge in [0.05, 0.1) is 19.1 Å². The van der Waals surface area contributed by atoms with Crippen LogP contribution in [-0.2, 0) is 4.79 Å². The standard InChI is InChI=1S/C27H27FN2O3S/c1-33-24-12-11-20(18-7-2-3-8-19(18)24)27(32)30-14-5-6-17(16-30)26(31)29-23-13-15-34-25-21(23)9-4-10-22(25)28/h2-4,7-12,17,23H,5-6,13-16H2,1H3,(H,29,31)/t17-,23+/m0/s1. The van der Waals surface area contributed by atoms with Gasteiger partial charge in [-0.2, -0.15) is 0 Å². The summed E-state index contributed by atoms with van der Waals surface area (Å²) in [5.74, 6) is 0.836. The summed E-state index contributed by atoms with van der Waals surface area (Å²) in [6.07, 6.45) is 2.26. The molecule has 0 radical (unpaired) electrons. The minimum atomic E-state index is -0.284. The highest BCUT2D eigenvalue weighted by Crippen LogP contribution is 2.38. The van der Waals surface area contributed by atoms with Gasteiger partial charge in [-0.15, -0.1) is 11.8 Å². The fourth-order valence-corrected chi connectivity index (χ4v) is 6.15. The quantitative estimate of drug-likeness (QED) is 0.561. The fourth-order valence-electron chi connectivity index (χ4n) is 5.01. The molecule has 0 spiro atoms. The Balaban J connectivity index is 1.32. The maximum Gasteiger partial charge on any atom is 0.254 e. The van der Waals surface area contributed by atoms with Crippen LogP contribution in [0.1, 0.15) is 41.2 Å². The van der Waals surface area contributed by atoms with Crippen LogP contribution in [0.4, 0.5) is 4.39 Å². The summed E-state index contributed by atoms with van der Waals surface area (Å²) in [6.45, 7) is 1.000. The van der Waals surface area contributed by atoms with Gasteiger partial charge in [-0.05, 0) is 48.4 Å². The zero-order valence-corrected chi connectivity index (χ0v) is 19.9. The topological polar surface area (TPSA) is 58.6 Å². The lowest BCUT2D eigenvalue weighted by atomic mass is 9.94. The van der Waals surface area contributed by atoms with E-state index in [4.69, 9.17) is 4.74 Å². The summed E-state index contributed by atoms with van der Waals surface area (Å²) >= 11 is 1.50. The van der Waals surface area contributed by atoms with Crippen LogP contribution in [0.3, 0.4) is 0 Å². The van der Waals surface area contributed by atoms with Crippen LogP contribution < -0.4 is 10.1 Å². The molecule has 2 amide bonds. The van der Waals surface area contributed by atoms with Gasteiger partial charge in [0, 0.05) is 34.7 Å². The molecule has 5 nitrogen and oxygen atoms in total. The SMILES string of the molecule is COc1ccc(C(=O)N2CCC[C@H](C(=O)N[C@@H]3CCSc4c(F)cccc43)C2)c2ccccc12. The summed E-state index contributed by atoms with van der Waals surface area (Å²) in [5.41, 5.74) is 1.46. The third-order valence-corrected chi connectivity index (χ3v) is 7.92. The van der Waals surface area contributed by atoms with E-state index < -0.39 is 0 Å². The Morgan fingerprint density at radius 3 is 2.71 bits per heavy atom. The molecule has 0 unspecified atom stereocenters. The van der Waals surface area contributed by atoms with E-state index in [-0.39, 0.29) is 29.6 Å². The van der Waals surface area contributed by atoms with Crippen molar-refractivity contribution < 1.29 is 18.7 Å². The average molecular weight is 479 g/mol. The lowest BCUT2D eigenvalue weighted by molar-refractivity contribution is -0.127. The number of methoxy groups -OCH3 is 1. The molecule has 5 rings (SSSR count). The molecule has 1 fully saturated rings. The summed E-state index contributed by atoms with van der Waals surface area (Å²) in [6, 6.07) is 16.2. The monoisotopic (exact) mass is 478 g/mol. The maximum atomic E-state index is 14.2. The number of fused-ring (bicyclic) bond motifs is 2. The van der Waals surface area contributed by atoms with E-state index >= 15 is 0 Å². The van der Waals surface area contributed by atoms with Crippen molar-refractivity contribution in [1.29, 1.82) is 0 Å². The van der Waals surface area contributed by atoms with Crippen LogP contribution in [0.5, 0.6) is 5.75 Å². The second kappa shape index (κ2) is 9.66. The maximum absolute atomic E-state index is 14.2. The number of carbonyl (C=O) groups is 2. The van der Waals surface area contributed by atoms with E-state index in [0.717, 1.165) is 47.1 Å². The Bertz CT molecular complexity index is 1250. The minimum absolute atomic E-state index is 0.0656. The van der Waals surface area contributed by atoms with Crippen LogP contribution in [0, 0.1) is 11.7 Å². The number of hydrogen-bond donors (Lipinski definition) is 1. The number of nitrogens with zero attached hydrogens (tertiary/aromatic N) is 1. The Morgan fingerprint density at radius 2 is 1.88 bits per heavy atom. The molecule has 34 heavy (non-hydrogen) atoms. The Kier molecular flexibility index (Phi) is 6.46. The third-order valence-electron chi connectivity index (χ3n) is 6.76. The predicted molar refractivity (Wildman–Crippen MR) is 132 cm³/mol. The Labute approximate surface area is 202 Å². The van der Waals surface area contributed by atoms with E-state index in [9.17, 15) is 14.0 Å². The summed E-state index contributed by atoms with van der Waals surface area (Å²) in [7, 11) is 1.62. The molecule has 0 bridgehead atoms. The Morgan fingerprint density at radius 1 is 1.06 bits per heavy atom. The molecule has 0 aromatic heterocycles. The highest BCUT2D eigenvalue weighted by atomic mass is 32.2. The number of thioether (sulfide) groups is 1. The van der Waals surface area contributed by atoms with Gasteiger partial charge in [-0.1, -0.05) is 36.4 Å². The number of benzene rings is 3. The first-order valence-electron chi connectivity index (χ1n) is 11.6. The highest BCUT2D eigenvalue weighted by Gasteiger charge is 2.32. The molecule has 1 N–H and O–H groups in total. The number of ether oxygens (including phenoxy) is 1. The van der Waals surface area contributed by atoms with Crippen molar-refractivity contribution in [3.8, 4) is 5.75 Å². The molecular weight excluding hydrogens is 451 g/mol. The normalized spacial score (nSPS) is 20.0. The fraction of sp³-hybridized carbons (Fsp3) is 0.333. The van der Waals surface area contributed by atoms with E-state index in [1.165, 1.54) is 17.8 Å². The molecule has 3 aromatic carbocycles. The van der Waals surface area contributed by atoms with E-state index in [1.807, 2.05) is 36.4 Å². The molecule has 2 aliphatic heterocycles. The second-order valence-electron chi connectivity index (χ2n) is 8.81. The van der Waals surface area contributed by atoms with Crippen LogP contribution in [-0.4, -0.2) is 42.7 Å². The molecule has 0 saturated carbocycles. The summed E-state index contributed by atoms with van der Waals surface area (Å²) < 4.78 is 19.7. The van der Waals surface area contributed by atoms with Crippen molar-refractivity contribution in [2.24, 2.45) is 5.92 Å². The molecule has 1 saturated heterocycles. The average Bonchev–Trinajstić information content (AvgIpc) is 2.88. The third kappa shape index (κ3) is 4.25. The molecule has 0 aliphatic carbocycles. The van der Waals surface area contributed by atoms with Crippen molar-refractivity contribution in [2.75, 3.05) is 26.0 Å². The summed E-state index contributed by atoms with van der Waals surface area (Å²) in [4.78, 5) is 29.1. The summed E-state index contributed by atoms with van der Waals surface area (Å²) in [5, 5.41) is 4.88. The van der Waals surface area contributed by atoms with Gasteiger partial charge in [-0.25, -0.2) is 4.39 Å². The predicted octanol–water partition coefficient (Wildman–Crippen LogP) is 5.19. The number of carbonyl (C=O) groups excluding carboxylic acids is 2. The minimum Gasteiger partial charge on any atom is -0.496 e. The van der Waals surface area contributed by atoms with Gasteiger partial charge in [-0.3, -0.25) is 9.59 Å².